The summed E-state index contributed by atoms with van der Waals surface area (Å²) < 4.78 is 7.59. The molecule has 3 aromatic rings. The summed E-state index contributed by atoms with van der Waals surface area (Å²) in [6.45, 7) is 6.88. The molecule has 0 bridgehead atoms. The minimum Gasteiger partial charge on any atom is -0.491 e. The van der Waals surface area contributed by atoms with Gasteiger partial charge in [-0.3, -0.25) is 4.79 Å². The molecule has 0 saturated heterocycles. The van der Waals surface area contributed by atoms with Crippen LogP contribution >= 0.6 is 0 Å². The molecule has 1 fully saturated rings. The normalized spacial score (nSPS) is 17.6. The summed E-state index contributed by atoms with van der Waals surface area (Å²) in [7, 11) is 1.83. The lowest BCUT2D eigenvalue weighted by molar-refractivity contribution is -0.148. The second-order valence-electron chi connectivity index (χ2n) is 8.69. The van der Waals surface area contributed by atoms with Crippen LogP contribution in [0.2, 0.25) is 0 Å². The fraction of sp³-hybridized carbons (Fsp3) is 0.478. The van der Waals surface area contributed by atoms with Gasteiger partial charge in [0.2, 0.25) is 5.95 Å². The predicted octanol–water partition coefficient (Wildman–Crippen LogP) is 3.20. The van der Waals surface area contributed by atoms with Crippen LogP contribution in [0.3, 0.4) is 0 Å². The molecule has 10 heteroatoms. The van der Waals surface area contributed by atoms with E-state index in [9.17, 15) is 9.90 Å². The Labute approximate surface area is 192 Å². The number of hydrogen-bond donors (Lipinski definition) is 2. The number of pyridine rings is 1. The first-order valence-corrected chi connectivity index (χ1v) is 11.1. The van der Waals surface area contributed by atoms with Gasteiger partial charge in [-0.1, -0.05) is 19.1 Å². The van der Waals surface area contributed by atoms with Crippen molar-refractivity contribution in [1.29, 1.82) is 0 Å². The summed E-state index contributed by atoms with van der Waals surface area (Å²) in [5, 5.41) is 20.9. The first-order chi connectivity index (χ1) is 15.8. The molecule has 0 amide bonds. The van der Waals surface area contributed by atoms with Gasteiger partial charge in [0, 0.05) is 24.9 Å². The van der Waals surface area contributed by atoms with Crippen molar-refractivity contribution in [3.05, 3.63) is 41.5 Å². The van der Waals surface area contributed by atoms with Crippen LogP contribution in [-0.4, -0.2) is 47.6 Å². The van der Waals surface area contributed by atoms with Crippen molar-refractivity contribution in [2.45, 2.75) is 46.1 Å². The number of anilines is 1. The first kappa shape index (κ1) is 22.6. The van der Waals surface area contributed by atoms with E-state index in [0.29, 0.717) is 42.2 Å². The van der Waals surface area contributed by atoms with E-state index in [0.717, 1.165) is 29.9 Å². The standard InChI is InChI=1S/C23H29N7O3/c1-13(2)17-9-10-24-23(27-17)25-11-19-21(28-29-30(19)4)18-7-8-20(14(3)26-18)33-12-15-5-6-16(15)22(31)32/h7-10,13,15-16H,5-6,11-12H2,1-4H3,(H,31,32)(H,24,25,27)/t15-,16+/m1/s1. The van der Waals surface area contributed by atoms with Gasteiger partial charge in [0.15, 0.2) is 0 Å². The Morgan fingerprint density at radius 3 is 2.76 bits per heavy atom. The zero-order valence-corrected chi connectivity index (χ0v) is 19.3. The minimum atomic E-state index is -0.745. The fourth-order valence-corrected chi connectivity index (χ4v) is 3.84. The maximum absolute atomic E-state index is 11.2. The Balaban J connectivity index is 1.46. The number of hydrogen-bond acceptors (Lipinski definition) is 8. The highest BCUT2D eigenvalue weighted by molar-refractivity contribution is 5.71. The molecule has 1 aliphatic rings. The lowest BCUT2D eigenvalue weighted by atomic mass is 9.74. The molecule has 1 aliphatic carbocycles. The van der Waals surface area contributed by atoms with Crippen LogP contribution in [0.5, 0.6) is 5.75 Å². The van der Waals surface area contributed by atoms with E-state index in [2.05, 4.69) is 44.4 Å². The summed E-state index contributed by atoms with van der Waals surface area (Å²) in [4.78, 5) is 24.7. The Morgan fingerprint density at radius 1 is 1.27 bits per heavy atom. The van der Waals surface area contributed by atoms with Gasteiger partial charge in [0.1, 0.15) is 11.4 Å². The van der Waals surface area contributed by atoms with Crippen molar-refractivity contribution in [2.75, 3.05) is 11.9 Å². The van der Waals surface area contributed by atoms with Gasteiger partial charge in [-0.2, -0.15) is 0 Å². The van der Waals surface area contributed by atoms with Crippen LogP contribution in [0.1, 0.15) is 49.7 Å². The number of carboxylic acids is 1. The smallest absolute Gasteiger partial charge is 0.306 e. The fourth-order valence-electron chi connectivity index (χ4n) is 3.84. The Hall–Kier alpha value is -3.56. The predicted molar refractivity (Wildman–Crippen MR) is 122 cm³/mol. The molecule has 3 heterocycles. The maximum atomic E-state index is 11.2. The molecule has 10 nitrogen and oxygen atoms in total. The number of nitrogens with zero attached hydrogens (tertiary/aromatic N) is 6. The Kier molecular flexibility index (Phi) is 6.52. The number of ether oxygens (including phenoxy) is 1. The molecule has 0 spiro atoms. The minimum absolute atomic E-state index is 0.0515. The molecule has 33 heavy (non-hydrogen) atoms. The van der Waals surface area contributed by atoms with Gasteiger partial charge in [-0.25, -0.2) is 19.6 Å². The quantitative estimate of drug-likeness (QED) is 0.504. The molecule has 0 unspecified atom stereocenters. The van der Waals surface area contributed by atoms with Crippen LogP contribution in [-0.2, 0) is 18.4 Å². The van der Waals surface area contributed by atoms with E-state index < -0.39 is 5.97 Å². The average molecular weight is 452 g/mol. The number of carboxylic acid groups (broad SMARTS) is 1. The average Bonchev–Trinajstić information content (AvgIpc) is 3.12. The highest BCUT2D eigenvalue weighted by atomic mass is 16.5. The van der Waals surface area contributed by atoms with Crippen molar-refractivity contribution in [1.82, 2.24) is 29.9 Å². The molecule has 0 radical (unpaired) electrons. The van der Waals surface area contributed by atoms with E-state index in [1.54, 1.807) is 10.9 Å². The number of nitrogens with one attached hydrogen (secondary N) is 1. The largest absolute Gasteiger partial charge is 0.491 e. The first-order valence-electron chi connectivity index (χ1n) is 11.1. The topological polar surface area (TPSA) is 128 Å². The Bertz CT molecular complexity index is 1140. The summed E-state index contributed by atoms with van der Waals surface area (Å²) in [6, 6.07) is 5.62. The third kappa shape index (κ3) is 4.94. The van der Waals surface area contributed by atoms with Gasteiger partial charge >= 0.3 is 5.97 Å². The summed E-state index contributed by atoms with van der Waals surface area (Å²) in [6.07, 6.45) is 3.34. The molecule has 3 aromatic heterocycles. The van der Waals surface area contributed by atoms with E-state index in [1.807, 2.05) is 32.2 Å². The highest BCUT2D eigenvalue weighted by Gasteiger charge is 2.37. The van der Waals surface area contributed by atoms with Crippen molar-refractivity contribution in [2.24, 2.45) is 18.9 Å². The van der Waals surface area contributed by atoms with Crippen molar-refractivity contribution >= 4 is 11.9 Å². The van der Waals surface area contributed by atoms with Gasteiger partial charge in [0.05, 0.1) is 36.2 Å². The molecule has 0 aliphatic heterocycles. The van der Waals surface area contributed by atoms with Gasteiger partial charge in [-0.05, 0) is 43.9 Å². The van der Waals surface area contributed by atoms with Crippen LogP contribution in [0, 0.1) is 18.8 Å². The van der Waals surface area contributed by atoms with Crippen molar-refractivity contribution < 1.29 is 14.6 Å². The van der Waals surface area contributed by atoms with Gasteiger partial charge < -0.3 is 15.2 Å². The highest BCUT2D eigenvalue weighted by Crippen LogP contribution is 2.35. The number of aliphatic carboxylic acids is 1. The molecule has 2 N–H and O–H groups in total. The van der Waals surface area contributed by atoms with Crippen LogP contribution in [0.25, 0.3) is 11.4 Å². The second-order valence-corrected chi connectivity index (χ2v) is 8.69. The number of rotatable bonds is 9. The summed E-state index contributed by atoms with van der Waals surface area (Å²) >= 11 is 0. The molecule has 4 rings (SSSR count). The Morgan fingerprint density at radius 2 is 2.09 bits per heavy atom. The third-order valence-electron chi connectivity index (χ3n) is 6.09. The molecule has 0 aromatic carbocycles. The number of carbonyl (C=O) groups is 1. The lowest BCUT2D eigenvalue weighted by Gasteiger charge is -2.33. The van der Waals surface area contributed by atoms with Crippen LogP contribution in [0.15, 0.2) is 24.4 Å². The maximum Gasteiger partial charge on any atom is 0.306 e. The summed E-state index contributed by atoms with van der Waals surface area (Å²) in [5.74, 6) is 0.516. The third-order valence-corrected chi connectivity index (χ3v) is 6.09. The van der Waals surface area contributed by atoms with Crippen LogP contribution < -0.4 is 10.1 Å². The zero-order chi connectivity index (χ0) is 23.5. The van der Waals surface area contributed by atoms with E-state index >= 15 is 0 Å². The zero-order valence-electron chi connectivity index (χ0n) is 19.3. The molecular formula is C23H29N7O3. The number of aromatic nitrogens is 6. The SMILES string of the molecule is Cc1nc(-c2nnn(C)c2CNc2nccc(C(C)C)n2)ccc1OC[C@H]1CC[C@@H]1C(=O)O. The second kappa shape index (κ2) is 9.51. The molecule has 1 saturated carbocycles. The van der Waals surface area contributed by atoms with Gasteiger partial charge in [-0.15, -0.1) is 5.10 Å². The van der Waals surface area contributed by atoms with Gasteiger partial charge in [0.25, 0.3) is 0 Å². The molecular weight excluding hydrogens is 422 g/mol. The van der Waals surface area contributed by atoms with E-state index in [1.165, 1.54) is 0 Å². The van der Waals surface area contributed by atoms with Crippen molar-refractivity contribution in [3.63, 3.8) is 0 Å². The van der Waals surface area contributed by atoms with E-state index in [4.69, 9.17) is 4.74 Å². The monoisotopic (exact) mass is 451 g/mol. The lowest BCUT2D eigenvalue weighted by Crippen LogP contribution is -2.36. The van der Waals surface area contributed by atoms with Crippen LogP contribution in [0.4, 0.5) is 5.95 Å². The molecule has 2 atom stereocenters. The molecule has 174 valence electrons. The van der Waals surface area contributed by atoms with E-state index in [-0.39, 0.29) is 11.8 Å². The number of aryl methyl sites for hydroxylation is 2. The van der Waals surface area contributed by atoms with Crippen molar-refractivity contribution in [3.8, 4) is 17.1 Å². The summed E-state index contributed by atoms with van der Waals surface area (Å²) in [5.41, 5.74) is 3.91.